The Morgan fingerprint density at radius 2 is 1.82 bits per heavy atom. The van der Waals surface area contributed by atoms with Crippen molar-refractivity contribution in [3.63, 3.8) is 0 Å². The minimum absolute atomic E-state index is 0.118. The van der Waals surface area contributed by atoms with Gasteiger partial charge in [0.05, 0.1) is 4.88 Å². The zero-order valence-electron chi connectivity index (χ0n) is 18.5. The van der Waals surface area contributed by atoms with Gasteiger partial charge in [0.25, 0.3) is 5.91 Å². The van der Waals surface area contributed by atoms with Gasteiger partial charge in [-0.2, -0.15) is 4.98 Å². The number of hydrogen-bond acceptors (Lipinski definition) is 8. The highest BCUT2D eigenvalue weighted by Gasteiger charge is 2.26. The Morgan fingerprint density at radius 1 is 1.03 bits per heavy atom. The van der Waals surface area contributed by atoms with Gasteiger partial charge in [-0.05, 0) is 37.4 Å². The largest absolute Gasteiger partial charge is 0.355 e. The highest BCUT2D eigenvalue weighted by atomic mass is 32.1. The average Bonchev–Trinajstić information content (AvgIpc) is 3.52. The first-order valence-corrected chi connectivity index (χ1v) is 11.7. The van der Waals surface area contributed by atoms with Crippen LogP contribution < -0.4 is 10.2 Å². The highest BCUT2D eigenvalue weighted by Crippen LogP contribution is 2.26. The van der Waals surface area contributed by atoms with Crippen molar-refractivity contribution >= 4 is 34.7 Å². The zero-order valence-corrected chi connectivity index (χ0v) is 19.3. The summed E-state index contributed by atoms with van der Waals surface area (Å²) in [6, 6.07) is 15.7. The number of anilines is 3. The van der Waals surface area contributed by atoms with Gasteiger partial charge < -0.3 is 19.6 Å². The molecule has 33 heavy (non-hydrogen) atoms. The molecule has 8 nitrogen and oxygen atoms in total. The molecule has 4 aromatic rings. The Bertz CT molecular complexity index is 1240. The first-order chi connectivity index (χ1) is 16.0. The van der Waals surface area contributed by atoms with Gasteiger partial charge in [-0.15, -0.1) is 11.3 Å². The van der Waals surface area contributed by atoms with Crippen molar-refractivity contribution in [1.29, 1.82) is 0 Å². The van der Waals surface area contributed by atoms with Crippen LogP contribution in [0.25, 0.3) is 10.6 Å². The summed E-state index contributed by atoms with van der Waals surface area (Å²) >= 11 is 1.55. The van der Waals surface area contributed by atoms with Crippen molar-refractivity contribution in [3.8, 4) is 10.6 Å². The van der Waals surface area contributed by atoms with E-state index < -0.39 is 0 Å². The molecule has 1 fully saturated rings. The van der Waals surface area contributed by atoms with Crippen molar-refractivity contribution in [2.45, 2.75) is 13.8 Å². The molecule has 3 aromatic heterocycles. The van der Waals surface area contributed by atoms with Gasteiger partial charge in [0, 0.05) is 49.7 Å². The summed E-state index contributed by atoms with van der Waals surface area (Å²) in [5.41, 5.74) is 3.41. The molecule has 1 amide bonds. The number of thiophene rings is 1. The monoisotopic (exact) mass is 460 g/mol. The SMILES string of the molecule is Cc1ccc(Nc2cc(C)nc(N3CCN(C(=O)c4cc(-c5cccs5)on4)CC3)n2)cc1. The van der Waals surface area contributed by atoms with Gasteiger partial charge in [-0.25, -0.2) is 4.98 Å². The van der Waals surface area contributed by atoms with Gasteiger partial charge in [0.1, 0.15) is 5.82 Å². The van der Waals surface area contributed by atoms with Crippen LogP contribution in [-0.2, 0) is 0 Å². The number of piperazine rings is 1. The summed E-state index contributed by atoms with van der Waals surface area (Å²) in [5.74, 6) is 1.92. The number of carbonyl (C=O) groups is 1. The van der Waals surface area contributed by atoms with E-state index in [9.17, 15) is 4.79 Å². The molecular weight excluding hydrogens is 436 g/mol. The van der Waals surface area contributed by atoms with Gasteiger partial charge >= 0.3 is 0 Å². The second-order valence-electron chi connectivity index (χ2n) is 8.02. The molecule has 0 bridgehead atoms. The van der Waals surface area contributed by atoms with E-state index in [2.05, 4.69) is 39.4 Å². The molecule has 0 radical (unpaired) electrons. The van der Waals surface area contributed by atoms with Crippen molar-refractivity contribution in [1.82, 2.24) is 20.0 Å². The lowest BCUT2D eigenvalue weighted by Gasteiger charge is -2.34. The Hall–Kier alpha value is -3.72. The number of nitrogens with zero attached hydrogens (tertiary/aromatic N) is 5. The normalized spacial score (nSPS) is 13.9. The second-order valence-corrected chi connectivity index (χ2v) is 8.97. The Kier molecular flexibility index (Phi) is 5.78. The van der Waals surface area contributed by atoms with Crippen LogP contribution in [0.15, 0.2) is 58.4 Å². The van der Waals surface area contributed by atoms with Crippen LogP contribution >= 0.6 is 11.3 Å². The van der Waals surface area contributed by atoms with Crippen molar-refractivity contribution in [3.05, 3.63) is 70.9 Å². The van der Waals surface area contributed by atoms with Crippen LogP contribution in [0.1, 0.15) is 21.7 Å². The lowest BCUT2D eigenvalue weighted by atomic mass is 10.2. The Morgan fingerprint density at radius 3 is 2.55 bits per heavy atom. The fourth-order valence-electron chi connectivity index (χ4n) is 3.73. The summed E-state index contributed by atoms with van der Waals surface area (Å²) in [6.45, 7) is 6.45. The minimum atomic E-state index is -0.118. The number of aryl methyl sites for hydroxylation is 2. The predicted molar refractivity (Wildman–Crippen MR) is 129 cm³/mol. The maximum absolute atomic E-state index is 12.9. The standard InChI is InChI=1S/C24H24N6O2S/c1-16-5-7-18(8-6-16)26-22-14-17(2)25-24(27-22)30-11-9-29(10-12-30)23(31)19-15-20(32-28-19)21-4-3-13-33-21/h3-8,13-15H,9-12H2,1-2H3,(H,25,26,27). The van der Waals surface area contributed by atoms with Crippen molar-refractivity contribution in [2.24, 2.45) is 0 Å². The lowest BCUT2D eigenvalue weighted by molar-refractivity contribution is 0.0736. The van der Waals surface area contributed by atoms with E-state index in [4.69, 9.17) is 9.51 Å². The maximum Gasteiger partial charge on any atom is 0.276 e. The van der Waals surface area contributed by atoms with E-state index >= 15 is 0 Å². The van der Waals surface area contributed by atoms with Crippen LogP contribution in [0.3, 0.4) is 0 Å². The van der Waals surface area contributed by atoms with E-state index in [-0.39, 0.29) is 5.91 Å². The third-order valence-corrected chi connectivity index (χ3v) is 6.39. The molecule has 4 heterocycles. The first-order valence-electron chi connectivity index (χ1n) is 10.8. The number of rotatable bonds is 5. The second kappa shape index (κ2) is 9.03. The molecule has 0 spiro atoms. The Balaban J connectivity index is 1.24. The first kappa shape index (κ1) is 21.1. The number of aromatic nitrogens is 3. The van der Waals surface area contributed by atoms with Gasteiger partial charge in [-0.1, -0.05) is 28.9 Å². The van der Waals surface area contributed by atoms with Crippen LogP contribution in [0.5, 0.6) is 0 Å². The zero-order chi connectivity index (χ0) is 22.8. The molecule has 0 aliphatic carbocycles. The molecule has 5 rings (SSSR count). The molecule has 0 saturated carbocycles. The van der Waals surface area contributed by atoms with Crippen LogP contribution in [0.2, 0.25) is 0 Å². The molecule has 1 aliphatic heterocycles. The van der Waals surface area contributed by atoms with Gasteiger partial charge in [-0.3, -0.25) is 4.79 Å². The molecule has 9 heteroatoms. The summed E-state index contributed by atoms with van der Waals surface area (Å²) in [4.78, 5) is 27.1. The predicted octanol–water partition coefficient (Wildman–Crippen LogP) is 4.52. The number of amides is 1. The number of benzene rings is 1. The fraction of sp³-hybridized carbons (Fsp3) is 0.250. The lowest BCUT2D eigenvalue weighted by Crippen LogP contribution is -2.49. The number of nitrogens with one attached hydrogen (secondary N) is 1. The average molecular weight is 461 g/mol. The van der Waals surface area contributed by atoms with Crippen molar-refractivity contribution < 1.29 is 9.32 Å². The molecule has 0 unspecified atom stereocenters. The maximum atomic E-state index is 12.9. The number of hydrogen-bond donors (Lipinski definition) is 1. The summed E-state index contributed by atoms with van der Waals surface area (Å²) < 4.78 is 5.37. The molecule has 168 valence electrons. The van der Waals surface area contributed by atoms with Gasteiger partial charge in [0.2, 0.25) is 5.95 Å². The quantitative estimate of drug-likeness (QED) is 0.469. The molecule has 0 atom stereocenters. The summed E-state index contributed by atoms with van der Waals surface area (Å²) in [5, 5.41) is 9.31. The van der Waals surface area contributed by atoms with E-state index in [0.29, 0.717) is 43.6 Å². The third kappa shape index (κ3) is 4.73. The highest BCUT2D eigenvalue weighted by molar-refractivity contribution is 7.13. The molecule has 1 N–H and O–H groups in total. The molecule has 1 saturated heterocycles. The topological polar surface area (TPSA) is 87.4 Å². The van der Waals surface area contributed by atoms with Crippen LogP contribution in [0.4, 0.5) is 17.5 Å². The molecule has 1 aliphatic rings. The third-order valence-electron chi connectivity index (χ3n) is 5.51. The van der Waals surface area contributed by atoms with E-state index in [0.717, 1.165) is 22.1 Å². The summed E-state index contributed by atoms with van der Waals surface area (Å²) in [7, 11) is 0. The van der Waals surface area contributed by atoms with Gasteiger partial charge in [0.15, 0.2) is 11.5 Å². The van der Waals surface area contributed by atoms with Crippen LogP contribution in [-0.4, -0.2) is 52.1 Å². The fourth-order valence-corrected chi connectivity index (χ4v) is 4.40. The molecular formula is C24H24N6O2S. The summed E-state index contributed by atoms with van der Waals surface area (Å²) in [6.07, 6.45) is 0. The minimum Gasteiger partial charge on any atom is -0.355 e. The van der Waals surface area contributed by atoms with E-state index in [1.165, 1.54) is 5.56 Å². The Labute approximate surface area is 195 Å². The molecule has 1 aromatic carbocycles. The van der Waals surface area contributed by atoms with Crippen LogP contribution in [0, 0.1) is 13.8 Å². The smallest absolute Gasteiger partial charge is 0.276 e. The van der Waals surface area contributed by atoms with E-state index in [1.54, 1.807) is 22.3 Å². The van der Waals surface area contributed by atoms with E-state index in [1.807, 2.05) is 42.6 Å². The number of carbonyl (C=O) groups excluding carboxylic acids is 1. The van der Waals surface area contributed by atoms with Crippen molar-refractivity contribution in [2.75, 3.05) is 36.4 Å².